The lowest BCUT2D eigenvalue weighted by atomic mass is 9.86. The minimum absolute atomic E-state index is 0.00865. The van der Waals surface area contributed by atoms with Gasteiger partial charge in [-0.2, -0.15) is 4.98 Å². The molecule has 0 fully saturated rings. The Balaban J connectivity index is 2.66. The number of hydrogen-bond donors (Lipinski definition) is 1. The first-order valence-corrected chi connectivity index (χ1v) is 7.20. The van der Waals surface area contributed by atoms with E-state index in [2.05, 4.69) is 9.72 Å². The molecule has 2 aromatic rings. The molecule has 1 unspecified atom stereocenters. The van der Waals surface area contributed by atoms with Crippen molar-refractivity contribution >= 4 is 23.2 Å². The van der Waals surface area contributed by atoms with Crippen molar-refractivity contribution in [3.05, 3.63) is 39.3 Å². The average Bonchev–Trinajstić information content (AvgIpc) is 2.46. The number of halogens is 1. The summed E-state index contributed by atoms with van der Waals surface area (Å²) in [6.07, 6.45) is 1.43. The molecule has 0 aliphatic carbocycles. The van der Waals surface area contributed by atoms with Crippen LogP contribution in [0.4, 0.5) is 0 Å². The predicted molar refractivity (Wildman–Crippen MR) is 82.3 cm³/mol. The molecule has 1 N–H and O–H groups in total. The van der Waals surface area contributed by atoms with Crippen LogP contribution in [0.5, 0.6) is 5.88 Å². The van der Waals surface area contributed by atoms with Gasteiger partial charge in [-0.05, 0) is 18.1 Å². The molecule has 0 saturated carbocycles. The molecule has 0 saturated heterocycles. The molecule has 22 heavy (non-hydrogen) atoms. The number of carbonyl (C=O) groups is 1. The van der Waals surface area contributed by atoms with E-state index in [0.29, 0.717) is 5.02 Å². The second-order valence-electron chi connectivity index (χ2n) is 5.36. The van der Waals surface area contributed by atoms with E-state index in [1.165, 1.54) is 23.8 Å². The van der Waals surface area contributed by atoms with Crippen molar-refractivity contribution in [1.82, 2.24) is 9.38 Å². The highest BCUT2D eigenvalue weighted by atomic mass is 35.5. The van der Waals surface area contributed by atoms with Crippen molar-refractivity contribution < 1.29 is 14.6 Å². The fourth-order valence-electron chi connectivity index (χ4n) is 2.37. The number of rotatable bonds is 4. The van der Waals surface area contributed by atoms with Gasteiger partial charge in [-0.25, -0.2) is 0 Å². The number of carbonyl (C=O) groups excluding carboxylic acids is 1. The molecule has 0 bridgehead atoms. The van der Waals surface area contributed by atoms with E-state index in [1.807, 2.05) is 13.8 Å². The number of esters is 1. The topological polar surface area (TPSA) is 80.9 Å². The zero-order chi connectivity index (χ0) is 16.4. The molecule has 0 radical (unpaired) electrons. The number of hydrogen-bond acceptors (Lipinski definition) is 5. The molecule has 6 nitrogen and oxygen atoms in total. The zero-order valence-corrected chi connectivity index (χ0v) is 13.3. The van der Waals surface area contributed by atoms with Gasteiger partial charge in [0.1, 0.15) is 5.65 Å². The molecule has 2 rings (SSSR count). The van der Waals surface area contributed by atoms with Gasteiger partial charge in [0.15, 0.2) is 0 Å². The predicted octanol–water partition coefficient (Wildman–Crippen LogP) is 2.36. The van der Waals surface area contributed by atoms with E-state index in [0.717, 1.165) is 0 Å². The molecule has 1 atom stereocenters. The number of fused-ring (bicyclic) bond motifs is 1. The highest BCUT2D eigenvalue weighted by Gasteiger charge is 2.27. The summed E-state index contributed by atoms with van der Waals surface area (Å²) >= 11 is 5.91. The maximum atomic E-state index is 12.7. The van der Waals surface area contributed by atoms with Crippen molar-refractivity contribution in [3.8, 4) is 5.88 Å². The lowest BCUT2D eigenvalue weighted by molar-refractivity contribution is -0.141. The molecule has 7 heteroatoms. The maximum absolute atomic E-state index is 12.7. The largest absolute Gasteiger partial charge is 0.493 e. The fraction of sp³-hybridized carbons (Fsp3) is 0.400. The Morgan fingerprint density at radius 3 is 2.73 bits per heavy atom. The third kappa shape index (κ3) is 3.06. The van der Waals surface area contributed by atoms with Gasteiger partial charge < -0.3 is 9.84 Å². The van der Waals surface area contributed by atoms with Crippen LogP contribution in [0.2, 0.25) is 5.02 Å². The Kier molecular flexibility index (Phi) is 4.71. The molecule has 0 aliphatic heterocycles. The standard InChI is InChI=1S/C15H17ClN2O4/c1-8(2)10(6-12(19)22-3)13-14(20)17-11-5-4-9(16)7-18(11)15(13)21/h4-5,7-8,10,20H,6H2,1-3H3. The molecule has 118 valence electrons. The van der Waals surface area contributed by atoms with E-state index >= 15 is 0 Å². The van der Waals surface area contributed by atoms with Crippen molar-refractivity contribution in [1.29, 1.82) is 0 Å². The number of aromatic nitrogens is 2. The summed E-state index contributed by atoms with van der Waals surface area (Å²) in [6, 6.07) is 3.12. The van der Waals surface area contributed by atoms with E-state index < -0.39 is 17.4 Å². The summed E-state index contributed by atoms with van der Waals surface area (Å²) in [7, 11) is 1.28. The van der Waals surface area contributed by atoms with Gasteiger partial charge in [0.25, 0.3) is 5.56 Å². The van der Waals surface area contributed by atoms with Crippen LogP contribution in [-0.4, -0.2) is 27.6 Å². The van der Waals surface area contributed by atoms with E-state index in [1.54, 1.807) is 6.07 Å². The van der Waals surface area contributed by atoms with E-state index in [4.69, 9.17) is 11.6 Å². The quantitative estimate of drug-likeness (QED) is 0.873. The lowest BCUT2D eigenvalue weighted by Crippen LogP contribution is -2.26. The van der Waals surface area contributed by atoms with Gasteiger partial charge in [-0.15, -0.1) is 0 Å². The normalized spacial score (nSPS) is 12.6. The second-order valence-corrected chi connectivity index (χ2v) is 5.80. The first-order valence-electron chi connectivity index (χ1n) is 6.82. The summed E-state index contributed by atoms with van der Waals surface area (Å²) in [5.41, 5.74) is -0.0519. The molecular weight excluding hydrogens is 308 g/mol. The van der Waals surface area contributed by atoms with Crippen LogP contribution < -0.4 is 5.56 Å². The molecule has 0 aliphatic rings. The third-order valence-corrected chi connectivity index (χ3v) is 3.81. The van der Waals surface area contributed by atoms with Crippen LogP contribution >= 0.6 is 11.6 Å². The van der Waals surface area contributed by atoms with Crippen LogP contribution in [0.1, 0.15) is 31.7 Å². The van der Waals surface area contributed by atoms with Crippen LogP contribution in [0.15, 0.2) is 23.1 Å². The number of ether oxygens (including phenoxy) is 1. The Bertz CT molecular complexity index is 770. The summed E-state index contributed by atoms with van der Waals surface area (Å²) in [6.45, 7) is 3.72. The Hall–Kier alpha value is -2.08. The third-order valence-electron chi connectivity index (χ3n) is 3.59. The molecular formula is C15H17ClN2O4. The molecule has 0 spiro atoms. The van der Waals surface area contributed by atoms with Crippen molar-refractivity contribution in [2.45, 2.75) is 26.2 Å². The van der Waals surface area contributed by atoms with Gasteiger partial charge in [-0.1, -0.05) is 25.4 Å². The summed E-state index contributed by atoms with van der Waals surface area (Å²) in [5.74, 6) is -1.37. The van der Waals surface area contributed by atoms with Gasteiger partial charge in [0.2, 0.25) is 5.88 Å². The van der Waals surface area contributed by atoms with Crippen molar-refractivity contribution in [2.75, 3.05) is 7.11 Å². The molecule has 0 amide bonds. The summed E-state index contributed by atoms with van der Waals surface area (Å²) in [4.78, 5) is 28.3. The number of aromatic hydroxyl groups is 1. The fourth-order valence-corrected chi connectivity index (χ4v) is 2.53. The SMILES string of the molecule is COC(=O)CC(c1c(O)nc2ccc(Cl)cn2c1=O)C(C)C. The minimum Gasteiger partial charge on any atom is -0.493 e. The second kappa shape index (κ2) is 6.36. The van der Waals surface area contributed by atoms with E-state index in [-0.39, 0.29) is 29.4 Å². The Morgan fingerprint density at radius 2 is 2.14 bits per heavy atom. The van der Waals surface area contributed by atoms with E-state index in [9.17, 15) is 14.7 Å². The average molecular weight is 325 g/mol. The maximum Gasteiger partial charge on any atom is 0.306 e. The van der Waals surface area contributed by atoms with Gasteiger partial charge in [-0.3, -0.25) is 14.0 Å². The monoisotopic (exact) mass is 324 g/mol. The first-order chi connectivity index (χ1) is 10.3. The van der Waals surface area contributed by atoms with Crippen molar-refractivity contribution in [2.24, 2.45) is 5.92 Å². The molecule has 2 aromatic heterocycles. The smallest absolute Gasteiger partial charge is 0.306 e. The first kappa shape index (κ1) is 16.3. The van der Waals surface area contributed by atoms with Crippen LogP contribution in [0.3, 0.4) is 0 Å². The molecule has 0 aromatic carbocycles. The zero-order valence-electron chi connectivity index (χ0n) is 12.5. The van der Waals surface area contributed by atoms with Gasteiger partial charge >= 0.3 is 5.97 Å². The van der Waals surface area contributed by atoms with Gasteiger partial charge in [0.05, 0.1) is 24.1 Å². The summed E-state index contributed by atoms with van der Waals surface area (Å²) in [5, 5.41) is 10.5. The van der Waals surface area contributed by atoms with Crippen LogP contribution in [-0.2, 0) is 9.53 Å². The summed E-state index contributed by atoms with van der Waals surface area (Å²) < 4.78 is 5.94. The van der Waals surface area contributed by atoms with Crippen molar-refractivity contribution in [3.63, 3.8) is 0 Å². The number of nitrogens with zero attached hydrogens (tertiary/aromatic N) is 2. The van der Waals surface area contributed by atoms with Crippen LogP contribution in [0.25, 0.3) is 5.65 Å². The highest BCUT2D eigenvalue weighted by molar-refractivity contribution is 6.30. The van der Waals surface area contributed by atoms with Gasteiger partial charge in [0, 0.05) is 12.1 Å². The minimum atomic E-state index is -0.497. The number of methoxy groups -OCH3 is 1. The van der Waals surface area contributed by atoms with Crippen LogP contribution in [0, 0.1) is 5.92 Å². The number of pyridine rings is 1. The molecule has 2 heterocycles. The lowest BCUT2D eigenvalue weighted by Gasteiger charge is -2.20. The highest BCUT2D eigenvalue weighted by Crippen LogP contribution is 2.31. The Morgan fingerprint density at radius 1 is 1.45 bits per heavy atom. The Labute approximate surface area is 132 Å².